The van der Waals surface area contributed by atoms with Gasteiger partial charge in [-0.25, -0.2) is 24.5 Å². The van der Waals surface area contributed by atoms with Crippen molar-refractivity contribution in [2.24, 2.45) is 0 Å². The number of amides is 1. The molecule has 0 aliphatic heterocycles. The number of carbonyl (C=O) groups is 1. The lowest BCUT2D eigenvalue weighted by atomic mass is 10.0. The van der Waals surface area contributed by atoms with Crippen LogP contribution < -0.4 is 5.48 Å². The van der Waals surface area contributed by atoms with Crippen LogP contribution in [0.2, 0.25) is 0 Å². The first-order valence-electron chi connectivity index (χ1n) is 8.94. The van der Waals surface area contributed by atoms with Crippen LogP contribution >= 0.6 is 0 Å². The number of aryl methyl sites for hydroxylation is 4. The number of nitrogens with one attached hydrogen (secondary N) is 1. The van der Waals surface area contributed by atoms with E-state index in [1.54, 1.807) is 24.7 Å². The van der Waals surface area contributed by atoms with E-state index in [9.17, 15) is 9.18 Å². The lowest BCUT2D eigenvalue weighted by Crippen LogP contribution is -2.21. The summed E-state index contributed by atoms with van der Waals surface area (Å²) in [6.07, 6.45) is 2.74. The number of halogens is 1. The van der Waals surface area contributed by atoms with Gasteiger partial charge < -0.3 is 0 Å². The zero-order valence-corrected chi connectivity index (χ0v) is 16.0. The first-order valence-corrected chi connectivity index (χ1v) is 8.94. The minimum atomic E-state index is -0.538. The number of hydrogen-bond acceptors (Lipinski definition) is 5. The second kappa shape index (κ2) is 8.26. The Balaban J connectivity index is 1.92. The molecular weight excluding hydrogens is 361 g/mol. The molecule has 0 fully saturated rings. The van der Waals surface area contributed by atoms with Crippen molar-refractivity contribution in [2.45, 2.75) is 40.0 Å². The Morgan fingerprint density at radius 2 is 1.86 bits per heavy atom. The van der Waals surface area contributed by atoms with Gasteiger partial charge in [0.2, 0.25) is 5.91 Å². The van der Waals surface area contributed by atoms with Crippen LogP contribution in [0.1, 0.15) is 33.8 Å². The van der Waals surface area contributed by atoms with Gasteiger partial charge in [-0.05, 0) is 56.9 Å². The van der Waals surface area contributed by atoms with Gasteiger partial charge in [0.1, 0.15) is 5.82 Å². The lowest BCUT2D eigenvalue weighted by molar-refractivity contribution is -0.128. The molecule has 2 N–H and O–H groups in total. The number of nitrogens with zero attached hydrogens (tertiary/aromatic N) is 4. The first kappa shape index (κ1) is 19.6. The summed E-state index contributed by atoms with van der Waals surface area (Å²) in [5.41, 5.74) is 6.08. The van der Waals surface area contributed by atoms with Gasteiger partial charge in [0, 0.05) is 23.1 Å². The molecule has 0 atom stereocenters. The lowest BCUT2D eigenvalue weighted by Gasteiger charge is -2.06. The van der Waals surface area contributed by atoms with E-state index in [1.807, 2.05) is 26.0 Å². The van der Waals surface area contributed by atoms with Crippen molar-refractivity contribution in [3.05, 3.63) is 70.1 Å². The molecule has 0 radical (unpaired) electrons. The third kappa shape index (κ3) is 4.40. The number of hydroxylamine groups is 1. The van der Waals surface area contributed by atoms with Gasteiger partial charge in [-0.1, -0.05) is 12.1 Å². The number of hydrogen-bond donors (Lipinski definition) is 2. The molecule has 0 spiro atoms. The maximum atomic E-state index is 13.8. The summed E-state index contributed by atoms with van der Waals surface area (Å²) in [6, 6.07) is 6.85. The van der Waals surface area contributed by atoms with E-state index < -0.39 is 5.91 Å². The molecule has 0 saturated heterocycles. The molecule has 3 rings (SSSR count). The van der Waals surface area contributed by atoms with Crippen molar-refractivity contribution >= 4 is 5.91 Å². The molecule has 0 unspecified atom stereocenters. The highest BCUT2D eigenvalue weighted by atomic mass is 19.1. The minimum Gasteiger partial charge on any atom is -0.289 e. The topological polar surface area (TPSA) is 92.9 Å². The van der Waals surface area contributed by atoms with Crippen LogP contribution in [0.15, 0.2) is 30.5 Å². The second-order valence-electron chi connectivity index (χ2n) is 6.73. The predicted molar refractivity (Wildman–Crippen MR) is 101 cm³/mol. The standard InChI is InChI=1S/C20H22FN5O2/c1-12-9-13(2)23-20(22-12)26-11-16(10-19(27)25-28)18(24-26)8-7-15-5-4-6-17(21)14(15)3/h4-6,9,11,28H,7-8,10H2,1-3H3,(H,25,27). The summed E-state index contributed by atoms with van der Waals surface area (Å²) in [5.74, 6) is -0.369. The molecule has 0 aliphatic carbocycles. The Morgan fingerprint density at radius 3 is 2.54 bits per heavy atom. The van der Waals surface area contributed by atoms with Crippen LogP contribution in [0.4, 0.5) is 4.39 Å². The zero-order chi connectivity index (χ0) is 20.3. The third-order valence-corrected chi connectivity index (χ3v) is 4.54. The summed E-state index contributed by atoms with van der Waals surface area (Å²) in [7, 11) is 0. The third-order valence-electron chi connectivity index (χ3n) is 4.54. The summed E-state index contributed by atoms with van der Waals surface area (Å²) in [6.45, 7) is 5.48. The largest absolute Gasteiger partial charge is 0.289 e. The van der Waals surface area contributed by atoms with E-state index in [-0.39, 0.29) is 12.2 Å². The number of carbonyl (C=O) groups excluding carboxylic acids is 1. The average Bonchev–Trinajstić information content (AvgIpc) is 3.05. The smallest absolute Gasteiger partial charge is 0.250 e. The highest BCUT2D eigenvalue weighted by molar-refractivity contribution is 5.77. The molecule has 8 heteroatoms. The molecular formula is C20H22FN5O2. The highest BCUT2D eigenvalue weighted by Gasteiger charge is 2.16. The Labute approximate surface area is 162 Å². The Kier molecular flexibility index (Phi) is 5.79. The molecule has 0 bridgehead atoms. The SMILES string of the molecule is Cc1cc(C)nc(-n2cc(CC(=O)NO)c(CCc3cccc(F)c3C)n2)n1. The molecule has 3 aromatic rings. The quantitative estimate of drug-likeness (QED) is 0.504. The van der Waals surface area contributed by atoms with Crippen LogP contribution in [-0.4, -0.2) is 30.9 Å². The minimum absolute atomic E-state index is 0.0290. The van der Waals surface area contributed by atoms with Crippen LogP contribution in [0.3, 0.4) is 0 Å². The van der Waals surface area contributed by atoms with Gasteiger partial charge in [0.15, 0.2) is 0 Å². The molecule has 0 aliphatic rings. The Hall–Kier alpha value is -3.13. The fourth-order valence-electron chi connectivity index (χ4n) is 3.10. The number of aromatic nitrogens is 4. The van der Waals surface area contributed by atoms with Gasteiger partial charge in [-0.2, -0.15) is 5.10 Å². The van der Waals surface area contributed by atoms with E-state index in [2.05, 4.69) is 15.1 Å². The van der Waals surface area contributed by atoms with Gasteiger partial charge in [0.25, 0.3) is 5.95 Å². The van der Waals surface area contributed by atoms with Crippen molar-refractivity contribution in [3.8, 4) is 5.95 Å². The maximum absolute atomic E-state index is 13.8. The number of rotatable bonds is 6. The van der Waals surface area contributed by atoms with E-state index in [0.29, 0.717) is 35.6 Å². The van der Waals surface area contributed by atoms with Crippen LogP contribution in [-0.2, 0) is 24.1 Å². The van der Waals surface area contributed by atoms with Gasteiger partial charge in [-0.3, -0.25) is 10.0 Å². The fraction of sp³-hybridized carbons (Fsp3) is 0.300. The van der Waals surface area contributed by atoms with Crippen molar-refractivity contribution in [2.75, 3.05) is 0 Å². The molecule has 2 aromatic heterocycles. The Morgan fingerprint density at radius 1 is 1.14 bits per heavy atom. The molecule has 0 saturated carbocycles. The van der Waals surface area contributed by atoms with Crippen LogP contribution in [0, 0.1) is 26.6 Å². The van der Waals surface area contributed by atoms with E-state index in [1.165, 1.54) is 10.7 Å². The first-order chi connectivity index (χ1) is 13.4. The molecule has 7 nitrogen and oxygen atoms in total. The van der Waals surface area contributed by atoms with Gasteiger partial charge in [-0.15, -0.1) is 0 Å². The van der Waals surface area contributed by atoms with Crippen molar-refractivity contribution in [1.29, 1.82) is 0 Å². The summed E-state index contributed by atoms with van der Waals surface area (Å²) < 4.78 is 15.3. The van der Waals surface area contributed by atoms with E-state index in [0.717, 1.165) is 17.0 Å². The van der Waals surface area contributed by atoms with Crippen LogP contribution in [0.5, 0.6) is 0 Å². The van der Waals surface area contributed by atoms with Crippen molar-refractivity contribution < 1.29 is 14.4 Å². The van der Waals surface area contributed by atoms with Gasteiger partial charge in [0.05, 0.1) is 12.1 Å². The average molecular weight is 383 g/mol. The second-order valence-corrected chi connectivity index (χ2v) is 6.73. The molecule has 1 amide bonds. The summed E-state index contributed by atoms with van der Waals surface area (Å²) in [4.78, 5) is 20.5. The molecule has 2 heterocycles. The summed E-state index contributed by atoms with van der Waals surface area (Å²) in [5, 5.41) is 13.4. The highest BCUT2D eigenvalue weighted by Crippen LogP contribution is 2.18. The summed E-state index contributed by atoms with van der Waals surface area (Å²) >= 11 is 0. The normalized spacial score (nSPS) is 10.9. The van der Waals surface area contributed by atoms with E-state index in [4.69, 9.17) is 5.21 Å². The van der Waals surface area contributed by atoms with Crippen molar-refractivity contribution in [3.63, 3.8) is 0 Å². The van der Waals surface area contributed by atoms with Gasteiger partial charge >= 0.3 is 0 Å². The zero-order valence-electron chi connectivity index (χ0n) is 16.0. The molecule has 1 aromatic carbocycles. The van der Waals surface area contributed by atoms with Crippen molar-refractivity contribution in [1.82, 2.24) is 25.2 Å². The molecule has 28 heavy (non-hydrogen) atoms. The number of benzene rings is 1. The Bertz CT molecular complexity index is 996. The monoisotopic (exact) mass is 383 g/mol. The van der Waals surface area contributed by atoms with E-state index >= 15 is 0 Å². The predicted octanol–water partition coefficient (Wildman–Crippen LogP) is 2.56. The molecule has 146 valence electrons. The van der Waals surface area contributed by atoms with Crippen LogP contribution in [0.25, 0.3) is 5.95 Å². The fourth-order valence-corrected chi connectivity index (χ4v) is 3.10. The maximum Gasteiger partial charge on any atom is 0.250 e.